The normalized spacial score (nSPS) is 14.8. The quantitative estimate of drug-likeness (QED) is 0.906. The Morgan fingerprint density at radius 2 is 2.12 bits per heavy atom. The van der Waals surface area contributed by atoms with Gasteiger partial charge in [-0.3, -0.25) is 9.59 Å². The third-order valence-corrected chi connectivity index (χ3v) is 4.36. The van der Waals surface area contributed by atoms with Crippen LogP contribution < -0.4 is 10.5 Å². The minimum absolute atomic E-state index is 0.204. The maximum absolute atomic E-state index is 13.2. The molecule has 1 aliphatic heterocycles. The number of nitrogens with zero attached hydrogens (tertiary/aromatic N) is 1. The van der Waals surface area contributed by atoms with E-state index in [9.17, 15) is 14.0 Å². The van der Waals surface area contributed by atoms with Crippen LogP contribution in [-0.4, -0.2) is 29.3 Å². The Bertz CT molecular complexity index is 822. The van der Waals surface area contributed by atoms with Crippen molar-refractivity contribution in [2.45, 2.75) is 26.0 Å². The molecule has 2 N–H and O–H groups in total. The van der Waals surface area contributed by atoms with E-state index in [-0.39, 0.29) is 18.3 Å². The van der Waals surface area contributed by atoms with Crippen molar-refractivity contribution in [1.29, 1.82) is 0 Å². The van der Waals surface area contributed by atoms with Crippen molar-refractivity contribution in [3.8, 4) is 5.75 Å². The zero-order valence-corrected chi connectivity index (χ0v) is 13.9. The van der Waals surface area contributed by atoms with E-state index in [0.717, 1.165) is 11.1 Å². The van der Waals surface area contributed by atoms with Gasteiger partial charge >= 0.3 is 0 Å². The first-order valence-corrected chi connectivity index (χ1v) is 8.06. The fourth-order valence-corrected chi connectivity index (χ4v) is 2.89. The molecule has 0 fully saturated rings. The largest absolute Gasteiger partial charge is 0.489 e. The lowest BCUT2D eigenvalue weighted by Crippen LogP contribution is -2.49. The van der Waals surface area contributed by atoms with E-state index in [1.54, 1.807) is 31.2 Å². The second kappa shape index (κ2) is 6.93. The summed E-state index contributed by atoms with van der Waals surface area (Å²) in [5, 5.41) is 0. The Labute approximate surface area is 145 Å². The predicted octanol–water partition coefficient (Wildman–Crippen LogP) is 2.28. The highest BCUT2D eigenvalue weighted by molar-refractivity contribution is 5.99. The molecule has 0 aromatic heterocycles. The molecule has 1 aliphatic rings. The monoisotopic (exact) mass is 342 g/mol. The molecule has 5 nitrogen and oxygen atoms in total. The van der Waals surface area contributed by atoms with Gasteiger partial charge < -0.3 is 15.4 Å². The van der Waals surface area contributed by atoms with Gasteiger partial charge in [-0.25, -0.2) is 4.39 Å². The lowest BCUT2D eigenvalue weighted by molar-refractivity contribution is -0.122. The van der Waals surface area contributed by atoms with Gasteiger partial charge in [-0.15, -0.1) is 0 Å². The molecule has 130 valence electrons. The van der Waals surface area contributed by atoms with Crippen LogP contribution in [0.15, 0.2) is 42.5 Å². The van der Waals surface area contributed by atoms with Crippen molar-refractivity contribution < 1.29 is 18.7 Å². The van der Waals surface area contributed by atoms with Gasteiger partial charge in [-0.05, 0) is 54.8 Å². The second-order valence-corrected chi connectivity index (χ2v) is 6.06. The number of amides is 2. The first-order valence-electron chi connectivity index (χ1n) is 8.06. The van der Waals surface area contributed by atoms with E-state index in [4.69, 9.17) is 10.5 Å². The average molecular weight is 342 g/mol. The summed E-state index contributed by atoms with van der Waals surface area (Å²) in [4.78, 5) is 25.3. The van der Waals surface area contributed by atoms with Crippen LogP contribution in [0.25, 0.3) is 0 Å². The summed E-state index contributed by atoms with van der Waals surface area (Å²) in [5.74, 6) is -0.413. The Kier molecular flexibility index (Phi) is 4.70. The number of carbonyl (C=O) groups is 2. The molecule has 1 heterocycles. The highest BCUT2D eigenvalue weighted by Crippen LogP contribution is 2.25. The van der Waals surface area contributed by atoms with E-state index < -0.39 is 11.9 Å². The molecule has 1 atom stereocenters. The Morgan fingerprint density at radius 3 is 2.84 bits per heavy atom. The molecule has 0 bridgehead atoms. The second-order valence-electron chi connectivity index (χ2n) is 6.06. The van der Waals surface area contributed by atoms with Crippen LogP contribution in [0, 0.1) is 5.82 Å². The molecule has 0 radical (unpaired) electrons. The van der Waals surface area contributed by atoms with Crippen molar-refractivity contribution in [1.82, 2.24) is 4.90 Å². The van der Waals surface area contributed by atoms with Gasteiger partial charge in [-0.1, -0.05) is 12.1 Å². The highest BCUT2D eigenvalue weighted by atomic mass is 19.1. The van der Waals surface area contributed by atoms with Crippen LogP contribution in [0.3, 0.4) is 0 Å². The number of rotatable bonds is 5. The zero-order valence-electron chi connectivity index (χ0n) is 13.9. The van der Waals surface area contributed by atoms with Crippen molar-refractivity contribution in [2.24, 2.45) is 5.73 Å². The summed E-state index contributed by atoms with van der Waals surface area (Å²) in [5.41, 5.74) is 7.45. The van der Waals surface area contributed by atoms with Crippen LogP contribution >= 0.6 is 0 Å². The molecular weight excluding hydrogens is 323 g/mol. The van der Waals surface area contributed by atoms with Crippen LogP contribution in [-0.2, 0) is 17.8 Å². The first kappa shape index (κ1) is 17.0. The summed E-state index contributed by atoms with van der Waals surface area (Å²) in [6.07, 6.45) is 0.621. The van der Waals surface area contributed by atoms with Crippen molar-refractivity contribution >= 4 is 11.8 Å². The van der Waals surface area contributed by atoms with Crippen LogP contribution in [0.5, 0.6) is 5.75 Å². The average Bonchev–Trinajstić information content (AvgIpc) is 2.59. The van der Waals surface area contributed by atoms with Gasteiger partial charge in [0.1, 0.15) is 24.2 Å². The molecule has 0 saturated heterocycles. The number of halogens is 1. The smallest absolute Gasteiger partial charge is 0.254 e. The van der Waals surface area contributed by atoms with Crippen molar-refractivity contribution in [3.05, 3.63) is 65.0 Å². The van der Waals surface area contributed by atoms with Crippen molar-refractivity contribution in [3.63, 3.8) is 0 Å². The molecule has 1 unspecified atom stereocenters. The fraction of sp³-hybridized carbons (Fsp3) is 0.263. The molecule has 0 spiro atoms. The summed E-state index contributed by atoms with van der Waals surface area (Å²) in [7, 11) is 0. The van der Waals surface area contributed by atoms with Gasteiger partial charge in [-0.2, -0.15) is 0 Å². The summed E-state index contributed by atoms with van der Waals surface area (Å²) >= 11 is 0. The maximum Gasteiger partial charge on any atom is 0.254 e. The minimum atomic E-state index is -0.635. The number of carbonyl (C=O) groups excluding carboxylic acids is 2. The van der Waals surface area contributed by atoms with Crippen LogP contribution in [0.2, 0.25) is 0 Å². The third kappa shape index (κ3) is 3.63. The van der Waals surface area contributed by atoms with Gasteiger partial charge in [0.15, 0.2) is 0 Å². The SMILES string of the molecule is CC(C(N)=O)N1CCc2cc(OCc3cccc(F)c3)ccc2C1=O. The number of hydrogen-bond donors (Lipinski definition) is 1. The van der Waals surface area contributed by atoms with Crippen LogP contribution in [0.4, 0.5) is 4.39 Å². The molecule has 6 heteroatoms. The summed E-state index contributed by atoms with van der Waals surface area (Å²) in [6, 6.07) is 10.8. The van der Waals surface area contributed by atoms with Gasteiger partial charge in [0, 0.05) is 12.1 Å². The first-order chi connectivity index (χ1) is 12.0. The van der Waals surface area contributed by atoms with E-state index in [1.807, 2.05) is 6.07 Å². The van der Waals surface area contributed by atoms with Crippen LogP contribution in [0.1, 0.15) is 28.4 Å². The van der Waals surface area contributed by atoms with E-state index in [1.165, 1.54) is 17.0 Å². The molecular formula is C19H19FN2O3. The number of benzene rings is 2. The lowest BCUT2D eigenvalue weighted by atomic mass is 9.97. The Morgan fingerprint density at radius 1 is 1.32 bits per heavy atom. The number of ether oxygens (including phenoxy) is 1. The van der Waals surface area contributed by atoms with E-state index >= 15 is 0 Å². The minimum Gasteiger partial charge on any atom is -0.489 e. The van der Waals surface area contributed by atoms with Crippen molar-refractivity contribution in [2.75, 3.05) is 6.54 Å². The molecule has 2 aromatic rings. The van der Waals surface area contributed by atoms with E-state index in [2.05, 4.69) is 0 Å². The predicted molar refractivity (Wildman–Crippen MR) is 90.6 cm³/mol. The van der Waals surface area contributed by atoms with Gasteiger partial charge in [0.2, 0.25) is 5.91 Å². The lowest BCUT2D eigenvalue weighted by Gasteiger charge is -2.32. The number of nitrogens with two attached hydrogens (primary N) is 1. The summed E-state index contributed by atoms with van der Waals surface area (Å²) < 4.78 is 18.9. The fourth-order valence-electron chi connectivity index (χ4n) is 2.89. The topological polar surface area (TPSA) is 72.6 Å². The molecule has 2 aromatic carbocycles. The molecule has 25 heavy (non-hydrogen) atoms. The Balaban J connectivity index is 1.73. The maximum atomic E-state index is 13.2. The third-order valence-electron chi connectivity index (χ3n) is 4.36. The van der Waals surface area contributed by atoms with Gasteiger partial charge in [0.05, 0.1) is 0 Å². The number of fused-ring (bicyclic) bond motifs is 1. The van der Waals surface area contributed by atoms with E-state index in [0.29, 0.717) is 24.3 Å². The molecule has 3 rings (SSSR count). The van der Waals surface area contributed by atoms with Gasteiger partial charge in [0.25, 0.3) is 5.91 Å². The number of hydrogen-bond acceptors (Lipinski definition) is 3. The molecule has 0 saturated carbocycles. The Hall–Kier alpha value is -2.89. The standard InChI is InChI=1S/C19H19FN2O3/c1-12(18(21)23)22-8-7-14-10-16(5-6-17(14)19(22)24)25-11-13-3-2-4-15(20)9-13/h2-6,9-10,12H,7-8,11H2,1H3,(H2,21,23). The molecule has 2 amide bonds. The number of primary amides is 1. The summed E-state index contributed by atoms with van der Waals surface area (Å²) in [6.45, 7) is 2.31. The molecule has 0 aliphatic carbocycles. The highest BCUT2D eigenvalue weighted by Gasteiger charge is 2.30. The zero-order chi connectivity index (χ0) is 18.0.